The van der Waals surface area contributed by atoms with Crippen LogP contribution in [0.15, 0.2) is 20.3 Å². The first-order valence-electron chi connectivity index (χ1n) is 6.85. The Balaban J connectivity index is 2.03. The minimum atomic E-state index is -0.575. The van der Waals surface area contributed by atoms with E-state index in [1.54, 1.807) is 0 Å². The number of nitrogens with one attached hydrogen (secondary N) is 2. The molecule has 1 aromatic heterocycles. The number of rotatable bonds is 3. The minimum absolute atomic E-state index is 0.159. The normalized spacial score (nSPS) is 16.6. The topological polar surface area (TPSA) is 84.0 Å². The number of H-pyrrole nitrogens is 1. The summed E-state index contributed by atoms with van der Waals surface area (Å²) in [5.41, 5.74) is -1.07. The van der Waals surface area contributed by atoms with Gasteiger partial charge in [-0.05, 0) is 28.8 Å². The Hall–Kier alpha value is -1.37. The van der Waals surface area contributed by atoms with Crippen LogP contribution < -0.4 is 16.6 Å². The SMILES string of the molecule is O=C(Cn1c(=O)[nH]cc(Br)c1=O)NC1CCCCCC1. The van der Waals surface area contributed by atoms with E-state index in [0.717, 1.165) is 30.3 Å². The second-order valence-corrected chi connectivity index (χ2v) is 5.94. The van der Waals surface area contributed by atoms with Crippen LogP contribution in [0.1, 0.15) is 38.5 Å². The fraction of sp³-hybridized carbons (Fsp3) is 0.615. The van der Waals surface area contributed by atoms with Gasteiger partial charge in [0.25, 0.3) is 5.56 Å². The fourth-order valence-electron chi connectivity index (χ4n) is 2.47. The van der Waals surface area contributed by atoms with Crippen LogP contribution in [-0.4, -0.2) is 21.5 Å². The van der Waals surface area contributed by atoms with Crippen molar-refractivity contribution in [3.05, 3.63) is 31.5 Å². The lowest BCUT2D eigenvalue weighted by Crippen LogP contribution is -2.43. The molecule has 110 valence electrons. The lowest BCUT2D eigenvalue weighted by atomic mass is 10.1. The van der Waals surface area contributed by atoms with Crippen LogP contribution >= 0.6 is 15.9 Å². The van der Waals surface area contributed by atoms with Crippen LogP contribution in [0.3, 0.4) is 0 Å². The van der Waals surface area contributed by atoms with E-state index in [1.807, 2.05) is 0 Å². The van der Waals surface area contributed by atoms with Crippen LogP contribution in [0.4, 0.5) is 0 Å². The van der Waals surface area contributed by atoms with E-state index < -0.39 is 11.2 Å². The lowest BCUT2D eigenvalue weighted by molar-refractivity contribution is -0.122. The van der Waals surface area contributed by atoms with Crippen LogP contribution in [-0.2, 0) is 11.3 Å². The monoisotopic (exact) mass is 343 g/mol. The molecule has 0 unspecified atom stereocenters. The fourth-order valence-corrected chi connectivity index (χ4v) is 2.80. The van der Waals surface area contributed by atoms with Gasteiger partial charge in [-0.15, -0.1) is 0 Å². The van der Waals surface area contributed by atoms with Gasteiger partial charge in [0.1, 0.15) is 6.54 Å². The minimum Gasteiger partial charge on any atom is -0.352 e. The third-order valence-corrected chi connectivity index (χ3v) is 4.11. The predicted molar refractivity (Wildman–Crippen MR) is 78.7 cm³/mol. The summed E-state index contributed by atoms with van der Waals surface area (Å²) in [6.07, 6.45) is 7.86. The van der Waals surface area contributed by atoms with Crippen molar-refractivity contribution in [2.24, 2.45) is 0 Å². The molecule has 2 N–H and O–H groups in total. The molecule has 0 atom stereocenters. The molecule has 2 rings (SSSR count). The third-order valence-electron chi connectivity index (χ3n) is 3.54. The van der Waals surface area contributed by atoms with Gasteiger partial charge in [0.15, 0.2) is 0 Å². The molecule has 0 bridgehead atoms. The first-order chi connectivity index (χ1) is 9.58. The summed E-state index contributed by atoms with van der Waals surface area (Å²) in [5.74, 6) is -0.289. The van der Waals surface area contributed by atoms with E-state index in [2.05, 4.69) is 26.2 Å². The van der Waals surface area contributed by atoms with E-state index in [4.69, 9.17) is 0 Å². The smallest absolute Gasteiger partial charge is 0.328 e. The first-order valence-corrected chi connectivity index (χ1v) is 7.64. The zero-order valence-electron chi connectivity index (χ0n) is 11.2. The van der Waals surface area contributed by atoms with Crippen molar-refractivity contribution in [3.63, 3.8) is 0 Å². The van der Waals surface area contributed by atoms with Gasteiger partial charge in [-0.1, -0.05) is 25.7 Å². The predicted octanol–water partition coefficient (Wildman–Crippen LogP) is 1.14. The summed E-state index contributed by atoms with van der Waals surface area (Å²) in [7, 11) is 0. The van der Waals surface area contributed by atoms with Gasteiger partial charge in [-0.2, -0.15) is 0 Å². The molecule has 20 heavy (non-hydrogen) atoms. The van der Waals surface area contributed by atoms with Gasteiger partial charge in [0, 0.05) is 12.2 Å². The molecule has 1 aromatic rings. The number of aromatic nitrogens is 2. The number of nitrogens with zero attached hydrogens (tertiary/aromatic N) is 1. The third kappa shape index (κ3) is 3.82. The van der Waals surface area contributed by atoms with Crippen LogP contribution in [0.5, 0.6) is 0 Å². The van der Waals surface area contributed by atoms with Crippen molar-refractivity contribution in [2.45, 2.75) is 51.1 Å². The highest BCUT2D eigenvalue weighted by Crippen LogP contribution is 2.17. The number of aromatic amines is 1. The second-order valence-electron chi connectivity index (χ2n) is 5.09. The summed E-state index contributed by atoms with van der Waals surface area (Å²) < 4.78 is 1.13. The van der Waals surface area contributed by atoms with Gasteiger partial charge in [-0.25, -0.2) is 9.36 Å². The average Bonchev–Trinajstić information content (AvgIpc) is 2.68. The number of hydrogen-bond acceptors (Lipinski definition) is 3. The summed E-state index contributed by atoms with van der Waals surface area (Å²) in [4.78, 5) is 37.7. The number of carbonyl (C=O) groups is 1. The van der Waals surface area contributed by atoms with Crippen molar-refractivity contribution in [1.29, 1.82) is 0 Å². The standard InChI is InChI=1S/C13H18BrN3O3/c14-10-7-15-13(20)17(12(10)19)8-11(18)16-9-5-3-1-2-4-6-9/h7,9H,1-6,8H2,(H,15,20)(H,16,18). The van der Waals surface area contributed by atoms with Gasteiger partial charge in [0.05, 0.1) is 4.47 Å². The Morgan fingerprint density at radius 1 is 1.30 bits per heavy atom. The van der Waals surface area contributed by atoms with Gasteiger partial charge in [0.2, 0.25) is 5.91 Å². The molecule has 0 aliphatic heterocycles. The van der Waals surface area contributed by atoms with Crippen molar-refractivity contribution >= 4 is 21.8 Å². The second kappa shape index (κ2) is 6.88. The Kier molecular flexibility index (Phi) is 5.17. The van der Waals surface area contributed by atoms with Gasteiger partial charge < -0.3 is 10.3 Å². The Bertz CT molecular complexity index is 585. The van der Waals surface area contributed by atoms with Gasteiger partial charge >= 0.3 is 5.69 Å². The maximum absolute atomic E-state index is 12.0. The number of hydrogen-bond donors (Lipinski definition) is 2. The van der Waals surface area contributed by atoms with E-state index in [9.17, 15) is 14.4 Å². The molecule has 6 nitrogen and oxygen atoms in total. The quantitative estimate of drug-likeness (QED) is 0.807. The maximum Gasteiger partial charge on any atom is 0.328 e. The molecule has 0 radical (unpaired) electrons. The number of carbonyl (C=O) groups excluding carboxylic acids is 1. The first kappa shape index (κ1) is 15.0. The van der Waals surface area contributed by atoms with Crippen LogP contribution in [0, 0.1) is 0 Å². The molecular weight excluding hydrogens is 326 g/mol. The molecule has 1 amide bonds. The molecule has 1 aliphatic rings. The zero-order chi connectivity index (χ0) is 14.5. The summed E-state index contributed by atoms with van der Waals surface area (Å²) in [6.45, 7) is -0.246. The maximum atomic E-state index is 12.0. The van der Waals surface area contributed by atoms with E-state index in [-0.39, 0.29) is 23.0 Å². The van der Waals surface area contributed by atoms with Gasteiger partial charge in [-0.3, -0.25) is 9.59 Å². The van der Waals surface area contributed by atoms with Crippen LogP contribution in [0.25, 0.3) is 0 Å². The molecule has 0 spiro atoms. The average molecular weight is 344 g/mol. The van der Waals surface area contributed by atoms with Crippen molar-refractivity contribution in [2.75, 3.05) is 0 Å². The molecular formula is C13H18BrN3O3. The van der Waals surface area contributed by atoms with E-state index in [0.29, 0.717) is 0 Å². The van der Waals surface area contributed by atoms with Crippen molar-refractivity contribution in [3.8, 4) is 0 Å². The summed E-state index contributed by atoms with van der Waals surface area (Å²) in [5, 5.41) is 2.91. The van der Waals surface area contributed by atoms with Crippen molar-refractivity contribution in [1.82, 2.24) is 14.9 Å². The highest BCUT2D eigenvalue weighted by molar-refractivity contribution is 9.10. The molecule has 1 saturated carbocycles. The molecule has 1 aliphatic carbocycles. The summed E-state index contributed by atoms with van der Waals surface area (Å²) >= 11 is 3.04. The van der Waals surface area contributed by atoms with Crippen LogP contribution in [0.2, 0.25) is 0 Å². The highest BCUT2D eigenvalue weighted by atomic mass is 79.9. The Morgan fingerprint density at radius 3 is 2.60 bits per heavy atom. The molecule has 0 saturated heterocycles. The number of amides is 1. The lowest BCUT2D eigenvalue weighted by Gasteiger charge is -2.16. The largest absolute Gasteiger partial charge is 0.352 e. The Labute approximate surface area is 124 Å². The molecule has 7 heteroatoms. The van der Waals surface area contributed by atoms with E-state index >= 15 is 0 Å². The molecule has 1 fully saturated rings. The highest BCUT2D eigenvalue weighted by Gasteiger charge is 2.16. The Morgan fingerprint density at radius 2 is 1.95 bits per heavy atom. The zero-order valence-corrected chi connectivity index (χ0v) is 12.7. The van der Waals surface area contributed by atoms with Crippen molar-refractivity contribution < 1.29 is 4.79 Å². The van der Waals surface area contributed by atoms with E-state index in [1.165, 1.54) is 19.0 Å². The number of halogens is 1. The molecule has 0 aromatic carbocycles. The molecule has 1 heterocycles. The summed E-state index contributed by atoms with van der Waals surface area (Å²) in [6, 6.07) is 0.159.